The molecule has 0 spiro atoms. The maximum Gasteiger partial charge on any atom is 0.257 e. The summed E-state index contributed by atoms with van der Waals surface area (Å²) in [6.45, 7) is 3.89. The zero-order valence-corrected chi connectivity index (χ0v) is 18.3. The lowest BCUT2D eigenvalue weighted by Gasteiger charge is -2.09. The first-order chi connectivity index (χ1) is 16.1. The molecule has 5 aromatic rings. The van der Waals surface area contributed by atoms with Gasteiger partial charge in [-0.05, 0) is 54.4 Å². The van der Waals surface area contributed by atoms with Crippen LogP contribution in [0.4, 0.5) is 17.6 Å². The summed E-state index contributed by atoms with van der Waals surface area (Å²) in [5.74, 6) is 1.10. The van der Waals surface area contributed by atoms with Gasteiger partial charge >= 0.3 is 0 Å². The third kappa shape index (κ3) is 4.69. The van der Waals surface area contributed by atoms with Crippen molar-refractivity contribution in [1.29, 1.82) is 0 Å². The zero-order chi connectivity index (χ0) is 22.6. The van der Waals surface area contributed by atoms with Crippen LogP contribution in [0.2, 0.25) is 0 Å². The highest BCUT2D eigenvalue weighted by Crippen LogP contribution is 2.17. The van der Waals surface area contributed by atoms with Gasteiger partial charge in [0.15, 0.2) is 0 Å². The number of aryl methyl sites for hydroxylation is 2. The van der Waals surface area contributed by atoms with Crippen LogP contribution >= 0.6 is 0 Å². The molecule has 0 amide bonds. The summed E-state index contributed by atoms with van der Waals surface area (Å²) in [6.07, 6.45) is 1.74. The number of rotatable bonds is 6. The topological polar surface area (TPSA) is 92.9 Å². The van der Waals surface area contributed by atoms with Crippen LogP contribution in [0.5, 0.6) is 0 Å². The molecule has 0 atom stereocenters. The number of nitrogens with one attached hydrogen (secondary N) is 2. The minimum atomic E-state index is 0.308. The second-order valence-corrected chi connectivity index (χ2v) is 7.59. The normalized spacial score (nSPS) is 11.2. The van der Waals surface area contributed by atoms with Gasteiger partial charge < -0.3 is 5.32 Å². The predicted octanol–water partition coefficient (Wildman–Crippen LogP) is 5.02. The van der Waals surface area contributed by atoms with Gasteiger partial charge in [-0.1, -0.05) is 54.6 Å². The molecule has 0 aliphatic heterocycles. The van der Waals surface area contributed by atoms with Crippen molar-refractivity contribution in [2.45, 2.75) is 13.8 Å². The van der Waals surface area contributed by atoms with Gasteiger partial charge in [-0.2, -0.15) is 25.2 Å². The quantitative estimate of drug-likeness (QED) is 0.288. The molecule has 0 aliphatic rings. The van der Waals surface area contributed by atoms with E-state index in [9.17, 15) is 0 Å². The molecule has 2 heterocycles. The average molecular weight is 435 g/mol. The molecule has 0 aliphatic carbocycles. The van der Waals surface area contributed by atoms with E-state index < -0.39 is 0 Å². The van der Waals surface area contributed by atoms with Crippen LogP contribution in [-0.4, -0.2) is 30.9 Å². The van der Waals surface area contributed by atoms with Crippen LogP contribution in [0.25, 0.3) is 16.7 Å². The van der Waals surface area contributed by atoms with Crippen LogP contribution in [0.15, 0.2) is 84.0 Å². The Bertz CT molecular complexity index is 1440. The third-order valence-corrected chi connectivity index (χ3v) is 5.00. The van der Waals surface area contributed by atoms with E-state index in [2.05, 4.69) is 60.2 Å². The summed E-state index contributed by atoms with van der Waals surface area (Å²) in [5, 5.41) is 14.4. The molecule has 162 valence electrons. The monoisotopic (exact) mass is 434 g/mol. The molecule has 33 heavy (non-hydrogen) atoms. The highest BCUT2D eigenvalue weighted by Gasteiger charge is 2.12. The fourth-order valence-electron chi connectivity index (χ4n) is 3.50. The summed E-state index contributed by atoms with van der Waals surface area (Å²) in [4.78, 5) is 13.5. The minimum Gasteiger partial charge on any atom is -0.324 e. The number of anilines is 3. The van der Waals surface area contributed by atoms with E-state index in [0.29, 0.717) is 17.8 Å². The molecule has 0 radical (unpaired) electrons. The van der Waals surface area contributed by atoms with E-state index in [1.165, 1.54) is 5.39 Å². The molecule has 2 N–H and O–H groups in total. The minimum absolute atomic E-state index is 0.308. The molecule has 8 heteroatoms. The second-order valence-electron chi connectivity index (χ2n) is 7.59. The van der Waals surface area contributed by atoms with E-state index in [1.807, 2.05) is 68.4 Å². The van der Waals surface area contributed by atoms with E-state index in [-0.39, 0.29) is 0 Å². The Morgan fingerprint density at radius 3 is 2.33 bits per heavy atom. The number of fused-ring (bicyclic) bond motifs is 1. The maximum atomic E-state index is 4.55. The molecular formula is C25H22N8. The van der Waals surface area contributed by atoms with Crippen molar-refractivity contribution >= 4 is 34.6 Å². The maximum absolute atomic E-state index is 4.55. The Hall–Kier alpha value is -4.59. The predicted molar refractivity (Wildman–Crippen MR) is 131 cm³/mol. The summed E-state index contributed by atoms with van der Waals surface area (Å²) >= 11 is 0. The second kappa shape index (κ2) is 8.88. The Labute approximate surface area is 191 Å². The van der Waals surface area contributed by atoms with Gasteiger partial charge in [0, 0.05) is 11.4 Å². The lowest BCUT2D eigenvalue weighted by molar-refractivity contribution is 0.767. The van der Waals surface area contributed by atoms with Crippen LogP contribution < -0.4 is 10.7 Å². The Morgan fingerprint density at radius 1 is 0.788 bits per heavy atom. The lowest BCUT2D eigenvalue weighted by atomic mass is 10.1. The Balaban J connectivity index is 1.44. The van der Waals surface area contributed by atoms with Gasteiger partial charge in [0.25, 0.3) is 5.95 Å². The number of aromatic nitrogens is 5. The molecule has 0 saturated carbocycles. The van der Waals surface area contributed by atoms with Crippen molar-refractivity contribution < 1.29 is 0 Å². The van der Waals surface area contributed by atoms with Crippen molar-refractivity contribution in [2.75, 3.05) is 10.7 Å². The Kier molecular flexibility index (Phi) is 5.47. The summed E-state index contributed by atoms with van der Waals surface area (Å²) in [5.41, 5.74) is 6.58. The van der Waals surface area contributed by atoms with Gasteiger partial charge in [0.2, 0.25) is 11.9 Å². The summed E-state index contributed by atoms with van der Waals surface area (Å²) in [6, 6.07) is 26.1. The number of nitrogens with zero attached hydrogens (tertiary/aromatic N) is 6. The molecular weight excluding hydrogens is 412 g/mol. The van der Waals surface area contributed by atoms with Crippen molar-refractivity contribution in [1.82, 2.24) is 24.7 Å². The van der Waals surface area contributed by atoms with Gasteiger partial charge in [-0.25, -0.2) is 10.1 Å². The van der Waals surface area contributed by atoms with E-state index >= 15 is 0 Å². The van der Waals surface area contributed by atoms with Crippen molar-refractivity contribution in [3.05, 3.63) is 95.8 Å². The molecule has 0 unspecified atom stereocenters. The van der Waals surface area contributed by atoms with E-state index in [0.717, 1.165) is 28.0 Å². The number of hydrogen-bond donors (Lipinski definition) is 2. The fraction of sp³-hybridized carbons (Fsp3) is 0.0800. The van der Waals surface area contributed by atoms with Gasteiger partial charge in [0.1, 0.15) is 0 Å². The average Bonchev–Trinajstić information content (AvgIpc) is 3.17. The lowest BCUT2D eigenvalue weighted by Crippen LogP contribution is -2.11. The standard InChI is InChI=1S/C25H22N8/c1-17-14-18(2)33(32-17)25-29-23(27-22-10-4-3-5-11-22)28-24(30-25)31-26-16-19-12-13-20-8-6-7-9-21(20)15-19/h3-16H,1-2H3,(H2,27,28,29,30,31)/b26-16-. The molecule has 2 aromatic heterocycles. The molecule has 0 saturated heterocycles. The van der Waals surface area contributed by atoms with Crippen molar-refractivity contribution in [2.24, 2.45) is 5.10 Å². The SMILES string of the molecule is Cc1cc(C)n(-c2nc(N/N=C\c3ccc4ccccc4c3)nc(Nc3ccccc3)n2)n1. The van der Waals surface area contributed by atoms with Crippen molar-refractivity contribution in [3.63, 3.8) is 0 Å². The van der Waals surface area contributed by atoms with Crippen LogP contribution in [0, 0.1) is 13.8 Å². The van der Waals surface area contributed by atoms with Gasteiger partial charge in [-0.3, -0.25) is 0 Å². The zero-order valence-electron chi connectivity index (χ0n) is 18.3. The first-order valence-corrected chi connectivity index (χ1v) is 10.5. The van der Waals surface area contributed by atoms with Crippen LogP contribution in [0.1, 0.15) is 17.0 Å². The smallest absolute Gasteiger partial charge is 0.257 e. The first-order valence-electron chi connectivity index (χ1n) is 10.5. The first kappa shape index (κ1) is 20.3. The Morgan fingerprint density at radius 2 is 1.55 bits per heavy atom. The molecule has 5 rings (SSSR count). The van der Waals surface area contributed by atoms with E-state index in [1.54, 1.807) is 10.9 Å². The third-order valence-electron chi connectivity index (χ3n) is 5.00. The highest BCUT2D eigenvalue weighted by molar-refractivity contribution is 5.90. The number of hydrazone groups is 1. The summed E-state index contributed by atoms with van der Waals surface area (Å²) < 4.78 is 1.69. The molecule has 8 nitrogen and oxygen atoms in total. The molecule has 0 bridgehead atoms. The van der Waals surface area contributed by atoms with Crippen molar-refractivity contribution in [3.8, 4) is 5.95 Å². The number of hydrogen-bond acceptors (Lipinski definition) is 7. The molecule has 0 fully saturated rings. The molecule has 3 aromatic carbocycles. The van der Waals surface area contributed by atoms with Crippen LogP contribution in [0.3, 0.4) is 0 Å². The van der Waals surface area contributed by atoms with Gasteiger partial charge in [-0.15, -0.1) is 0 Å². The van der Waals surface area contributed by atoms with E-state index in [4.69, 9.17) is 0 Å². The van der Waals surface area contributed by atoms with Crippen LogP contribution in [-0.2, 0) is 0 Å². The largest absolute Gasteiger partial charge is 0.324 e. The highest BCUT2D eigenvalue weighted by atomic mass is 15.4. The summed E-state index contributed by atoms with van der Waals surface area (Å²) in [7, 11) is 0. The number of benzene rings is 3. The van der Waals surface area contributed by atoms with Gasteiger partial charge in [0.05, 0.1) is 11.9 Å². The number of para-hydroxylation sites is 1. The fourth-order valence-corrected chi connectivity index (χ4v) is 3.50.